The molecule has 4 unspecified atom stereocenters. The lowest BCUT2D eigenvalue weighted by atomic mass is 10.1. The number of amides is 3. The van der Waals surface area contributed by atoms with Crippen LogP contribution in [0.5, 0.6) is 0 Å². The maximum atomic E-state index is 12.9. The van der Waals surface area contributed by atoms with Gasteiger partial charge >= 0.3 is 11.9 Å². The van der Waals surface area contributed by atoms with Crippen LogP contribution in [0.3, 0.4) is 0 Å². The molecule has 11 N–H and O–H groups in total. The highest BCUT2D eigenvalue weighted by Crippen LogP contribution is 2.19. The van der Waals surface area contributed by atoms with Crippen LogP contribution in [0.2, 0.25) is 0 Å². The third-order valence-electron chi connectivity index (χ3n) is 5.20. The summed E-state index contributed by atoms with van der Waals surface area (Å²) in [6.45, 7) is -0.428. The Labute approximate surface area is 195 Å². The maximum Gasteiger partial charge on any atom is 0.326 e. The molecule has 1 fully saturated rings. The van der Waals surface area contributed by atoms with E-state index in [2.05, 4.69) is 15.6 Å². The van der Waals surface area contributed by atoms with Crippen molar-refractivity contribution in [2.45, 2.75) is 62.7 Å². The van der Waals surface area contributed by atoms with Crippen molar-refractivity contribution in [2.24, 2.45) is 22.2 Å². The van der Waals surface area contributed by atoms with Gasteiger partial charge < -0.3 is 48.1 Å². The lowest BCUT2D eigenvalue weighted by molar-refractivity contribution is -0.145. The number of aliphatic carboxylic acids is 2. The number of rotatable bonds is 14. The molecular weight excluding hydrogens is 454 g/mol. The van der Waals surface area contributed by atoms with Gasteiger partial charge in [-0.05, 0) is 32.1 Å². The van der Waals surface area contributed by atoms with Crippen molar-refractivity contribution in [3.8, 4) is 0 Å². The molecule has 1 aliphatic rings. The molecule has 0 aromatic heterocycles. The van der Waals surface area contributed by atoms with Gasteiger partial charge in [-0.2, -0.15) is 0 Å². The SMILES string of the molecule is NC(N)=NCCCC(NC(=O)C1CCCN1C(=O)C(CO)NC(=O)C(N)CCC(=O)O)C(=O)O. The molecule has 0 saturated carbocycles. The third kappa shape index (κ3) is 9.19. The molecular formula is C19H33N7O8. The van der Waals surface area contributed by atoms with Gasteiger partial charge in [0.15, 0.2) is 5.96 Å². The van der Waals surface area contributed by atoms with E-state index >= 15 is 0 Å². The first-order chi connectivity index (χ1) is 16.0. The van der Waals surface area contributed by atoms with Crippen LogP contribution in [0.4, 0.5) is 0 Å². The fourth-order valence-corrected chi connectivity index (χ4v) is 3.41. The highest BCUT2D eigenvalue weighted by atomic mass is 16.4. The van der Waals surface area contributed by atoms with E-state index in [-0.39, 0.29) is 44.7 Å². The van der Waals surface area contributed by atoms with Crippen LogP contribution in [0.15, 0.2) is 4.99 Å². The molecule has 1 heterocycles. The molecule has 0 aromatic carbocycles. The standard InChI is InChI=1S/C19H33N7O8/c20-10(5-6-14(28)29)15(30)25-12(9-27)17(32)26-8-2-4-13(26)16(31)24-11(18(33)34)3-1-7-23-19(21)22/h10-13,27H,1-9,20H2,(H,24,31)(H,25,30)(H,28,29)(H,33,34)(H4,21,22,23). The van der Waals surface area contributed by atoms with E-state index in [1.54, 1.807) is 0 Å². The summed E-state index contributed by atoms with van der Waals surface area (Å²) in [6, 6.07) is -4.81. The van der Waals surface area contributed by atoms with Crippen molar-refractivity contribution in [1.82, 2.24) is 15.5 Å². The van der Waals surface area contributed by atoms with Gasteiger partial charge in [0.2, 0.25) is 17.7 Å². The Hall–Kier alpha value is -3.46. The van der Waals surface area contributed by atoms with Gasteiger partial charge in [-0.3, -0.25) is 24.2 Å². The summed E-state index contributed by atoms with van der Waals surface area (Å²) in [5.74, 6) is -4.77. The van der Waals surface area contributed by atoms with Gasteiger partial charge in [0, 0.05) is 19.5 Å². The third-order valence-corrected chi connectivity index (χ3v) is 5.20. The number of carbonyl (C=O) groups excluding carboxylic acids is 3. The Balaban J connectivity index is 2.76. The quantitative estimate of drug-likeness (QED) is 0.0670. The molecule has 0 radical (unpaired) electrons. The number of nitrogens with zero attached hydrogens (tertiary/aromatic N) is 2. The van der Waals surface area contributed by atoms with Gasteiger partial charge in [0.1, 0.15) is 18.1 Å². The van der Waals surface area contributed by atoms with Gasteiger partial charge in [-0.1, -0.05) is 0 Å². The van der Waals surface area contributed by atoms with Crippen molar-refractivity contribution >= 4 is 35.6 Å². The molecule has 0 aromatic rings. The number of likely N-dealkylation sites (tertiary alicyclic amines) is 1. The number of carbonyl (C=O) groups is 5. The maximum absolute atomic E-state index is 12.9. The zero-order valence-electron chi connectivity index (χ0n) is 18.7. The highest BCUT2D eigenvalue weighted by molar-refractivity contribution is 5.94. The summed E-state index contributed by atoms with van der Waals surface area (Å²) >= 11 is 0. The summed E-state index contributed by atoms with van der Waals surface area (Å²) < 4.78 is 0. The van der Waals surface area contributed by atoms with E-state index < -0.39 is 60.4 Å². The average Bonchev–Trinajstić information content (AvgIpc) is 3.26. The number of aliphatic hydroxyl groups excluding tert-OH is 1. The molecule has 192 valence electrons. The number of nitrogens with two attached hydrogens (primary N) is 3. The minimum absolute atomic E-state index is 0.0576. The van der Waals surface area contributed by atoms with Crippen molar-refractivity contribution in [1.29, 1.82) is 0 Å². The number of nitrogens with one attached hydrogen (secondary N) is 2. The van der Waals surface area contributed by atoms with Crippen molar-refractivity contribution in [3.63, 3.8) is 0 Å². The van der Waals surface area contributed by atoms with Crippen molar-refractivity contribution in [2.75, 3.05) is 19.7 Å². The second-order valence-corrected chi connectivity index (χ2v) is 7.82. The van der Waals surface area contributed by atoms with E-state index in [9.17, 15) is 34.2 Å². The Morgan fingerprint density at radius 3 is 2.29 bits per heavy atom. The van der Waals surface area contributed by atoms with E-state index in [0.717, 1.165) is 4.90 Å². The topological polar surface area (TPSA) is 264 Å². The van der Waals surface area contributed by atoms with Gasteiger partial charge in [-0.15, -0.1) is 0 Å². The number of aliphatic imine (C=N–C) groups is 1. The van der Waals surface area contributed by atoms with Crippen LogP contribution in [-0.2, 0) is 24.0 Å². The first kappa shape index (κ1) is 28.6. The van der Waals surface area contributed by atoms with Crippen LogP contribution >= 0.6 is 0 Å². The molecule has 1 aliphatic heterocycles. The van der Waals surface area contributed by atoms with Crippen LogP contribution in [-0.4, -0.2) is 99.7 Å². The Kier molecular flexibility index (Phi) is 11.7. The van der Waals surface area contributed by atoms with Crippen molar-refractivity contribution in [3.05, 3.63) is 0 Å². The zero-order valence-corrected chi connectivity index (χ0v) is 18.7. The van der Waals surface area contributed by atoms with E-state index in [1.807, 2.05) is 0 Å². The molecule has 0 spiro atoms. The monoisotopic (exact) mass is 487 g/mol. The number of carboxylic acids is 2. The van der Waals surface area contributed by atoms with Crippen LogP contribution in [0.1, 0.15) is 38.5 Å². The number of hydrogen-bond donors (Lipinski definition) is 8. The number of guanidine groups is 1. The summed E-state index contributed by atoms with van der Waals surface area (Å²) in [7, 11) is 0. The molecule has 1 rings (SSSR count). The minimum Gasteiger partial charge on any atom is -0.481 e. The summed E-state index contributed by atoms with van der Waals surface area (Å²) in [5.41, 5.74) is 16.1. The predicted octanol–water partition coefficient (Wildman–Crippen LogP) is -3.73. The summed E-state index contributed by atoms with van der Waals surface area (Å²) in [6.07, 6.45) is 0.559. The lowest BCUT2D eigenvalue weighted by Gasteiger charge is -2.29. The van der Waals surface area contributed by atoms with Gasteiger partial charge in [-0.25, -0.2) is 4.79 Å². The fraction of sp³-hybridized carbons (Fsp3) is 0.684. The lowest BCUT2D eigenvalue weighted by Crippen LogP contribution is -2.57. The van der Waals surface area contributed by atoms with Crippen LogP contribution in [0, 0.1) is 0 Å². The van der Waals surface area contributed by atoms with Crippen molar-refractivity contribution < 1.29 is 39.3 Å². The van der Waals surface area contributed by atoms with Gasteiger partial charge in [0.05, 0.1) is 12.6 Å². The van der Waals surface area contributed by atoms with Gasteiger partial charge in [0.25, 0.3) is 0 Å². The second-order valence-electron chi connectivity index (χ2n) is 7.82. The first-order valence-corrected chi connectivity index (χ1v) is 10.8. The smallest absolute Gasteiger partial charge is 0.326 e. The van der Waals surface area contributed by atoms with Crippen LogP contribution in [0.25, 0.3) is 0 Å². The normalized spacial score (nSPS) is 17.8. The van der Waals surface area contributed by atoms with E-state index in [0.29, 0.717) is 12.8 Å². The highest BCUT2D eigenvalue weighted by Gasteiger charge is 2.39. The van der Waals surface area contributed by atoms with E-state index in [1.165, 1.54) is 0 Å². The Morgan fingerprint density at radius 1 is 1.06 bits per heavy atom. The number of carboxylic acid groups (broad SMARTS) is 2. The summed E-state index contributed by atoms with van der Waals surface area (Å²) in [4.78, 5) is 64.9. The average molecular weight is 488 g/mol. The molecule has 15 nitrogen and oxygen atoms in total. The first-order valence-electron chi connectivity index (χ1n) is 10.8. The largest absolute Gasteiger partial charge is 0.481 e. The fourth-order valence-electron chi connectivity index (χ4n) is 3.41. The van der Waals surface area contributed by atoms with Crippen LogP contribution < -0.4 is 27.8 Å². The molecule has 4 atom stereocenters. The minimum atomic E-state index is -1.40. The summed E-state index contributed by atoms with van der Waals surface area (Å²) in [5, 5.41) is 32.4. The zero-order chi connectivity index (χ0) is 25.8. The number of aliphatic hydroxyl groups is 1. The number of hydrogen-bond acceptors (Lipinski definition) is 8. The Bertz CT molecular complexity index is 787. The molecule has 1 saturated heterocycles. The molecule has 34 heavy (non-hydrogen) atoms. The molecule has 0 bridgehead atoms. The Morgan fingerprint density at radius 2 is 1.74 bits per heavy atom. The molecule has 0 aliphatic carbocycles. The molecule has 15 heteroatoms. The second kappa shape index (κ2) is 13.9. The van der Waals surface area contributed by atoms with E-state index in [4.69, 9.17) is 22.3 Å². The predicted molar refractivity (Wildman–Crippen MR) is 118 cm³/mol. The molecule has 3 amide bonds.